The number of ether oxygens (including phenoxy) is 1. The van der Waals surface area contributed by atoms with Crippen molar-refractivity contribution in [2.45, 2.75) is 65.0 Å². The van der Waals surface area contributed by atoms with Crippen molar-refractivity contribution in [3.8, 4) is 0 Å². The zero-order valence-electron chi connectivity index (χ0n) is 13.9. The molecular weight excluding hydrogens is 258 g/mol. The quantitative estimate of drug-likeness (QED) is 0.761. The second-order valence-electron chi connectivity index (χ2n) is 6.69. The van der Waals surface area contributed by atoms with Crippen molar-refractivity contribution >= 4 is 0 Å². The molecule has 2 heteroatoms. The minimum Gasteiger partial charge on any atom is -0.376 e. The Morgan fingerprint density at radius 3 is 2.38 bits per heavy atom. The van der Waals surface area contributed by atoms with Crippen LogP contribution in [0.1, 0.15) is 63.6 Å². The van der Waals surface area contributed by atoms with E-state index in [0.717, 1.165) is 19.6 Å². The van der Waals surface area contributed by atoms with Gasteiger partial charge < -0.3 is 10.1 Å². The highest BCUT2D eigenvalue weighted by Gasteiger charge is 2.18. The fourth-order valence-corrected chi connectivity index (χ4v) is 3.16. The number of likely N-dealkylation sites (N-methyl/N-ethyl adjacent to an activating group) is 1. The summed E-state index contributed by atoms with van der Waals surface area (Å²) >= 11 is 0. The van der Waals surface area contributed by atoms with Crippen LogP contribution in [0, 0.1) is 5.92 Å². The van der Waals surface area contributed by atoms with Gasteiger partial charge in [-0.25, -0.2) is 0 Å². The van der Waals surface area contributed by atoms with E-state index in [9.17, 15) is 0 Å². The number of nitrogens with one attached hydrogen (secondary N) is 1. The van der Waals surface area contributed by atoms with Gasteiger partial charge in [0.25, 0.3) is 0 Å². The fraction of sp³-hybridized carbons (Fsp3) is 0.684. The van der Waals surface area contributed by atoms with Crippen molar-refractivity contribution in [2.75, 3.05) is 13.2 Å². The molecule has 1 aliphatic carbocycles. The summed E-state index contributed by atoms with van der Waals surface area (Å²) in [6, 6.07) is 9.40. The maximum absolute atomic E-state index is 6.10. The van der Waals surface area contributed by atoms with Crippen molar-refractivity contribution in [3.63, 3.8) is 0 Å². The number of rotatable bonds is 8. The van der Waals surface area contributed by atoms with Gasteiger partial charge in [0.15, 0.2) is 0 Å². The van der Waals surface area contributed by atoms with Gasteiger partial charge in [-0.05, 0) is 42.9 Å². The van der Waals surface area contributed by atoms with E-state index in [4.69, 9.17) is 4.74 Å². The standard InChI is InChI=1S/C19H31NO/c1-4-20-19(14-21-18-7-5-6-8-18)17-11-9-16(10-12-17)13-15(2)3/h9-12,15,18-20H,4-8,13-14H2,1-3H3. The van der Waals surface area contributed by atoms with Crippen LogP contribution in [0.3, 0.4) is 0 Å². The molecule has 1 fully saturated rings. The highest BCUT2D eigenvalue weighted by Crippen LogP contribution is 2.23. The molecule has 21 heavy (non-hydrogen) atoms. The molecule has 0 radical (unpaired) electrons. The third-order valence-corrected chi connectivity index (χ3v) is 4.28. The van der Waals surface area contributed by atoms with Gasteiger partial charge in [0.1, 0.15) is 0 Å². The third kappa shape index (κ3) is 5.44. The highest BCUT2D eigenvalue weighted by atomic mass is 16.5. The summed E-state index contributed by atoms with van der Waals surface area (Å²) in [5, 5.41) is 3.56. The molecule has 1 aromatic carbocycles. The maximum atomic E-state index is 6.10. The van der Waals surface area contributed by atoms with Gasteiger partial charge in [-0.15, -0.1) is 0 Å². The Bertz CT molecular complexity index is 393. The average Bonchev–Trinajstić information content (AvgIpc) is 2.97. The summed E-state index contributed by atoms with van der Waals surface area (Å²) in [6.45, 7) is 8.47. The van der Waals surface area contributed by atoms with E-state index in [-0.39, 0.29) is 0 Å². The molecule has 0 aromatic heterocycles. The topological polar surface area (TPSA) is 21.3 Å². The first-order chi connectivity index (χ1) is 10.2. The number of hydrogen-bond donors (Lipinski definition) is 1. The molecule has 0 saturated heterocycles. The van der Waals surface area contributed by atoms with E-state index in [2.05, 4.69) is 50.4 Å². The summed E-state index contributed by atoms with van der Waals surface area (Å²) in [7, 11) is 0. The SMILES string of the molecule is CCNC(COC1CCCC1)c1ccc(CC(C)C)cc1. The van der Waals surface area contributed by atoms with Crippen molar-refractivity contribution in [1.29, 1.82) is 0 Å². The highest BCUT2D eigenvalue weighted by molar-refractivity contribution is 5.25. The molecule has 0 bridgehead atoms. The minimum atomic E-state index is 0.323. The van der Waals surface area contributed by atoms with Gasteiger partial charge in [0.2, 0.25) is 0 Å². The van der Waals surface area contributed by atoms with Crippen LogP contribution in [0.4, 0.5) is 0 Å². The van der Waals surface area contributed by atoms with E-state index in [1.165, 1.54) is 36.8 Å². The van der Waals surface area contributed by atoms with Crippen LogP contribution in [0.25, 0.3) is 0 Å². The summed E-state index contributed by atoms with van der Waals surface area (Å²) in [4.78, 5) is 0. The van der Waals surface area contributed by atoms with Crippen molar-refractivity contribution in [3.05, 3.63) is 35.4 Å². The Balaban J connectivity index is 1.92. The minimum absolute atomic E-state index is 0.323. The zero-order valence-corrected chi connectivity index (χ0v) is 13.9. The summed E-state index contributed by atoms with van der Waals surface area (Å²) in [6.07, 6.45) is 6.80. The van der Waals surface area contributed by atoms with E-state index in [1.54, 1.807) is 0 Å². The lowest BCUT2D eigenvalue weighted by Gasteiger charge is -2.21. The normalized spacial score (nSPS) is 17.5. The first-order valence-electron chi connectivity index (χ1n) is 8.63. The lowest BCUT2D eigenvalue weighted by Crippen LogP contribution is -2.27. The largest absolute Gasteiger partial charge is 0.376 e. The Morgan fingerprint density at radius 1 is 1.14 bits per heavy atom. The van der Waals surface area contributed by atoms with Crippen molar-refractivity contribution in [2.24, 2.45) is 5.92 Å². The molecule has 0 spiro atoms. The van der Waals surface area contributed by atoms with Gasteiger partial charge >= 0.3 is 0 Å². The molecule has 2 rings (SSSR count). The first kappa shape index (κ1) is 16.5. The second-order valence-corrected chi connectivity index (χ2v) is 6.69. The Hall–Kier alpha value is -0.860. The molecule has 1 N–H and O–H groups in total. The molecule has 0 aliphatic heterocycles. The number of benzene rings is 1. The van der Waals surface area contributed by atoms with Gasteiger partial charge in [-0.2, -0.15) is 0 Å². The van der Waals surface area contributed by atoms with Crippen LogP contribution in [0.5, 0.6) is 0 Å². The van der Waals surface area contributed by atoms with Gasteiger partial charge in [-0.3, -0.25) is 0 Å². The first-order valence-corrected chi connectivity index (χ1v) is 8.63. The van der Waals surface area contributed by atoms with Crippen LogP contribution in [0.15, 0.2) is 24.3 Å². The lowest BCUT2D eigenvalue weighted by atomic mass is 9.99. The van der Waals surface area contributed by atoms with Crippen molar-refractivity contribution < 1.29 is 4.74 Å². The molecule has 1 aromatic rings. The Labute approximate surface area is 130 Å². The predicted molar refractivity (Wildman–Crippen MR) is 89.6 cm³/mol. The summed E-state index contributed by atoms with van der Waals surface area (Å²) < 4.78 is 6.10. The summed E-state index contributed by atoms with van der Waals surface area (Å²) in [5.74, 6) is 0.714. The monoisotopic (exact) mass is 289 g/mol. The van der Waals surface area contributed by atoms with E-state index in [0.29, 0.717) is 18.1 Å². The van der Waals surface area contributed by atoms with Crippen LogP contribution >= 0.6 is 0 Å². The molecule has 1 saturated carbocycles. The molecule has 1 aliphatic rings. The summed E-state index contributed by atoms with van der Waals surface area (Å²) in [5.41, 5.74) is 2.78. The van der Waals surface area contributed by atoms with Gasteiger partial charge in [-0.1, -0.05) is 57.9 Å². The molecule has 1 unspecified atom stereocenters. The van der Waals surface area contributed by atoms with E-state index >= 15 is 0 Å². The molecular formula is C19H31NO. The Kier molecular flexibility index (Phi) is 6.72. The fourth-order valence-electron chi connectivity index (χ4n) is 3.16. The average molecular weight is 289 g/mol. The second kappa shape index (κ2) is 8.55. The van der Waals surface area contributed by atoms with E-state index in [1.807, 2.05) is 0 Å². The molecule has 0 heterocycles. The van der Waals surface area contributed by atoms with Gasteiger partial charge in [0.05, 0.1) is 18.8 Å². The third-order valence-electron chi connectivity index (χ3n) is 4.28. The van der Waals surface area contributed by atoms with E-state index < -0.39 is 0 Å². The maximum Gasteiger partial charge on any atom is 0.0665 e. The number of hydrogen-bond acceptors (Lipinski definition) is 2. The molecule has 118 valence electrons. The van der Waals surface area contributed by atoms with Crippen LogP contribution < -0.4 is 5.32 Å². The smallest absolute Gasteiger partial charge is 0.0665 e. The van der Waals surface area contributed by atoms with Crippen molar-refractivity contribution in [1.82, 2.24) is 5.32 Å². The Morgan fingerprint density at radius 2 is 1.81 bits per heavy atom. The van der Waals surface area contributed by atoms with Crippen LogP contribution in [-0.4, -0.2) is 19.3 Å². The van der Waals surface area contributed by atoms with Gasteiger partial charge in [0, 0.05) is 0 Å². The van der Waals surface area contributed by atoms with Crippen LogP contribution in [0.2, 0.25) is 0 Å². The van der Waals surface area contributed by atoms with Crippen LogP contribution in [-0.2, 0) is 11.2 Å². The molecule has 0 amide bonds. The predicted octanol–water partition coefficient (Wildman–Crippen LogP) is 4.49. The molecule has 2 nitrogen and oxygen atoms in total. The zero-order chi connectivity index (χ0) is 15.1. The lowest BCUT2D eigenvalue weighted by molar-refractivity contribution is 0.0428. The molecule has 1 atom stereocenters.